The Morgan fingerprint density at radius 3 is 2.52 bits per heavy atom. The maximum atomic E-state index is 12.0. The SMILES string of the molecule is CCNC(=NCc1cccc(OC)c1)NCCC(=O)N(CC)CC.I. The maximum absolute atomic E-state index is 12.0. The van der Waals surface area contributed by atoms with Crippen molar-refractivity contribution < 1.29 is 9.53 Å². The van der Waals surface area contributed by atoms with Crippen LogP contribution in [0.25, 0.3) is 0 Å². The third kappa shape index (κ3) is 8.94. The van der Waals surface area contributed by atoms with Crippen LogP contribution in [0.2, 0.25) is 0 Å². The Labute approximate surface area is 168 Å². The molecule has 0 saturated carbocycles. The molecule has 0 aliphatic heterocycles. The first-order valence-corrected chi connectivity index (χ1v) is 8.57. The monoisotopic (exact) mass is 462 g/mol. The van der Waals surface area contributed by atoms with Gasteiger partial charge in [-0.25, -0.2) is 4.99 Å². The largest absolute Gasteiger partial charge is 0.497 e. The molecular formula is C18H31IN4O2. The summed E-state index contributed by atoms with van der Waals surface area (Å²) in [6.45, 7) is 9.40. The van der Waals surface area contributed by atoms with Crippen molar-refractivity contribution in [3.05, 3.63) is 29.8 Å². The normalized spacial score (nSPS) is 10.6. The predicted molar refractivity (Wildman–Crippen MR) is 114 cm³/mol. The van der Waals surface area contributed by atoms with Crippen LogP contribution in [0.15, 0.2) is 29.3 Å². The molecule has 1 aromatic rings. The number of methoxy groups -OCH3 is 1. The molecule has 0 radical (unpaired) electrons. The first-order valence-electron chi connectivity index (χ1n) is 8.57. The van der Waals surface area contributed by atoms with E-state index in [9.17, 15) is 4.79 Å². The summed E-state index contributed by atoms with van der Waals surface area (Å²) in [5.41, 5.74) is 1.07. The van der Waals surface area contributed by atoms with Crippen LogP contribution in [0.4, 0.5) is 0 Å². The van der Waals surface area contributed by atoms with Gasteiger partial charge in [-0.15, -0.1) is 24.0 Å². The number of hydrogen-bond donors (Lipinski definition) is 2. The zero-order valence-electron chi connectivity index (χ0n) is 15.7. The molecule has 1 rings (SSSR count). The molecule has 0 aromatic heterocycles. The van der Waals surface area contributed by atoms with Crippen LogP contribution in [0.1, 0.15) is 32.8 Å². The fourth-order valence-electron chi connectivity index (χ4n) is 2.31. The Morgan fingerprint density at radius 1 is 1.20 bits per heavy atom. The number of amides is 1. The summed E-state index contributed by atoms with van der Waals surface area (Å²) in [6, 6.07) is 7.85. The average Bonchev–Trinajstić information content (AvgIpc) is 2.61. The van der Waals surface area contributed by atoms with Gasteiger partial charge in [0.25, 0.3) is 0 Å². The van der Waals surface area contributed by atoms with E-state index in [1.165, 1.54) is 0 Å². The van der Waals surface area contributed by atoms with E-state index in [2.05, 4.69) is 15.6 Å². The molecule has 0 fully saturated rings. The Balaban J connectivity index is 0.00000576. The Kier molecular flexibility index (Phi) is 12.9. The summed E-state index contributed by atoms with van der Waals surface area (Å²) < 4.78 is 5.22. The third-order valence-electron chi connectivity index (χ3n) is 3.65. The van der Waals surface area contributed by atoms with Gasteiger partial charge in [-0.05, 0) is 38.5 Å². The topological polar surface area (TPSA) is 66.0 Å². The Morgan fingerprint density at radius 2 is 1.92 bits per heavy atom. The van der Waals surface area contributed by atoms with Gasteiger partial charge in [0.05, 0.1) is 13.7 Å². The second-order valence-electron chi connectivity index (χ2n) is 5.29. The minimum Gasteiger partial charge on any atom is -0.497 e. The summed E-state index contributed by atoms with van der Waals surface area (Å²) in [6.07, 6.45) is 0.464. The van der Waals surface area contributed by atoms with Crippen LogP contribution < -0.4 is 15.4 Å². The fourth-order valence-corrected chi connectivity index (χ4v) is 2.31. The quantitative estimate of drug-likeness (QED) is 0.337. The number of nitrogens with one attached hydrogen (secondary N) is 2. The first kappa shape index (κ1) is 23.5. The fraction of sp³-hybridized carbons (Fsp3) is 0.556. The maximum Gasteiger partial charge on any atom is 0.224 e. The van der Waals surface area contributed by atoms with Crippen LogP contribution in [0.3, 0.4) is 0 Å². The highest BCUT2D eigenvalue weighted by molar-refractivity contribution is 14.0. The minimum absolute atomic E-state index is 0. The second-order valence-corrected chi connectivity index (χ2v) is 5.29. The number of carbonyl (C=O) groups is 1. The standard InChI is InChI=1S/C18H30N4O2.HI/c1-5-19-18(20-12-11-17(23)22(6-2)7-3)21-14-15-9-8-10-16(13-15)24-4;/h8-10,13H,5-7,11-12,14H2,1-4H3,(H2,19,20,21);1H. The molecule has 0 spiro atoms. The molecule has 0 unspecified atom stereocenters. The predicted octanol–water partition coefficient (Wildman–Crippen LogP) is 2.63. The average molecular weight is 462 g/mol. The van der Waals surface area contributed by atoms with Crippen molar-refractivity contribution in [3.8, 4) is 5.75 Å². The van der Waals surface area contributed by atoms with E-state index < -0.39 is 0 Å². The number of nitrogens with zero attached hydrogens (tertiary/aromatic N) is 2. The van der Waals surface area contributed by atoms with E-state index in [0.717, 1.165) is 30.9 Å². The summed E-state index contributed by atoms with van der Waals surface area (Å²) in [4.78, 5) is 18.4. The second kappa shape index (κ2) is 13.7. The number of rotatable bonds is 9. The number of ether oxygens (including phenoxy) is 1. The lowest BCUT2D eigenvalue weighted by Crippen LogP contribution is -2.40. The molecule has 25 heavy (non-hydrogen) atoms. The molecule has 1 amide bonds. The van der Waals surface area contributed by atoms with Crippen molar-refractivity contribution in [1.82, 2.24) is 15.5 Å². The van der Waals surface area contributed by atoms with Gasteiger partial charge in [0, 0.05) is 32.6 Å². The minimum atomic E-state index is 0. The van der Waals surface area contributed by atoms with Crippen LogP contribution >= 0.6 is 24.0 Å². The van der Waals surface area contributed by atoms with Crippen molar-refractivity contribution >= 4 is 35.8 Å². The lowest BCUT2D eigenvalue weighted by molar-refractivity contribution is -0.130. The molecule has 1 aromatic carbocycles. The van der Waals surface area contributed by atoms with Crippen LogP contribution in [0, 0.1) is 0 Å². The van der Waals surface area contributed by atoms with Gasteiger partial charge in [-0.3, -0.25) is 4.79 Å². The molecule has 7 heteroatoms. The molecule has 0 aliphatic carbocycles. The van der Waals surface area contributed by atoms with Gasteiger partial charge in [0.1, 0.15) is 5.75 Å². The number of aliphatic imine (C=N–C) groups is 1. The van der Waals surface area contributed by atoms with E-state index in [0.29, 0.717) is 25.5 Å². The van der Waals surface area contributed by atoms with Crippen molar-refractivity contribution in [2.24, 2.45) is 4.99 Å². The van der Waals surface area contributed by atoms with E-state index in [1.54, 1.807) is 7.11 Å². The van der Waals surface area contributed by atoms with Gasteiger partial charge in [-0.2, -0.15) is 0 Å². The molecular weight excluding hydrogens is 431 g/mol. The highest BCUT2D eigenvalue weighted by atomic mass is 127. The van der Waals surface area contributed by atoms with E-state index in [1.807, 2.05) is 49.9 Å². The van der Waals surface area contributed by atoms with Crippen molar-refractivity contribution in [3.63, 3.8) is 0 Å². The van der Waals surface area contributed by atoms with Gasteiger partial charge >= 0.3 is 0 Å². The van der Waals surface area contributed by atoms with Crippen molar-refractivity contribution in [2.45, 2.75) is 33.7 Å². The smallest absolute Gasteiger partial charge is 0.224 e. The van der Waals surface area contributed by atoms with E-state index in [4.69, 9.17) is 4.74 Å². The molecule has 0 saturated heterocycles. The first-order chi connectivity index (χ1) is 11.6. The molecule has 6 nitrogen and oxygen atoms in total. The molecule has 142 valence electrons. The summed E-state index contributed by atoms with van der Waals surface area (Å²) in [5.74, 6) is 1.70. The molecule has 0 heterocycles. The summed E-state index contributed by atoms with van der Waals surface area (Å²) in [7, 11) is 1.65. The Bertz CT molecular complexity index is 534. The molecule has 0 aliphatic rings. The highest BCUT2D eigenvalue weighted by Gasteiger charge is 2.09. The lowest BCUT2D eigenvalue weighted by atomic mass is 10.2. The van der Waals surface area contributed by atoms with Gasteiger partial charge < -0.3 is 20.3 Å². The van der Waals surface area contributed by atoms with Crippen molar-refractivity contribution in [2.75, 3.05) is 33.3 Å². The van der Waals surface area contributed by atoms with E-state index >= 15 is 0 Å². The number of guanidine groups is 1. The number of benzene rings is 1. The summed E-state index contributed by atoms with van der Waals surface area (Å²) >= 11 is 0. The van der Waals surface area contributed by atoms with Gasteiger partial charge in [0.15, 0.2) is 5.96 Å². The zero-order chi connectivity index (χ0) is 17.8. The molecule has 2 N–H and O–H groups in total. The number of carbonyl (C=O) groups excluding carboxylic acids is 1. The molecule has 0 atom stereocenters. The number of hydrogen-bond acceptors (Lipinski definition) is 3. The third-order valence-corrected chi connectivity index (χ3v) is 3.65. The highest BCUT2D eigenvalue weighted by Crippen LogP contribution is 2.13. The van der Waals surface area contributed by atoms with Crippen molar-refractivity contribution in [1.29, 1.82) is 0 Å². The zero-order valence-corrected chi connectivity index (χ0v) is 18.0. The molecule has 0 bridgehead atoms. The number of halogens is 1. The van der Waals surface area contributed by atoms with Crippen LogP contribution in [0.5, 0.6) is 5.75 Å². The summed E-state index contributed by atoms with van der Waals surface area (Å²) in [5, 5.41) is 6.41. The Hall–Kier alpha value is -1.51. The van der Waals surface area contributed by atoms with Gasteiger partial charge in [0.2, 0.25) is 5.91 Å². The van der Waals surface area contributed by atoms with Gasteiger partial charge in [-0.1, -0.05) is 12.1 Å². The lowest BCUT2D eigenvalue weighted by Gasteiger charge is -2.19. The van der Waals surface area contributed by atoms with Crippen LogP contribution in [-0.2, 0) is 11.3 Å². The van der Waals surface area contributed by atoms with E-state index in [-0.39, 0.29) is 29.9 Å². The van der Waals surface area contributed by atoms with Crippen LogP contribution in [-0.4, -0.2) is 50.1 Å².